The number of nitrogens with zero attached hydrogens (tertiary/aromatic N) is 2. The van der Waals surface area contributed by atoms with Gasteiger partial charge in [-0.3, -0.25) is 13.9 Å². The number of aryl methyl sites for hydroxylation is 1. The predicted octanol–water partition coefficient (Wildman–Crippen LogP) is 5.28. The fourth-order valence-corrected chi connectivity index (χ4v) is 5.41. The maximum absolute atomic E-state index is 14.1. The van der Waals surface area contributed by atoms with Crippen LogP contribution in [0.3, 0.4) is 0 Å². The van der Waals surface area contributed by atoms with Crippen LogP contribution in [0, 0.1) is 13.8 Å². The number of carbonyl (C=O) groups excluding carboxylic acids is 2. The van der Waals surface area contributed by atoms with Gasteiger partial charge in [0.1, 0.15) is 12.6 Å². The Balaban J connectivity index is 2.08. The monoisotopic (exact) mass is 583 g/mol. The summed E-state index contributed by atoms with van der Waals surface area (Å²) in [7, 11) is -3.82. The summed E-state index contributed by atoms with van der Waals surface area (Å²) in [6, 6.07) is 20.9. The molecule has 2 amide bonds. The van der Waals surface area contributed by atoms with Gasteiger partial charge in [0.15, 0.2) is 0 Å². The van der Waals surface area contributed by atoms with Crippen LogP contribution in [0.2, 0.25) is 5.02 Å². The summed E-state index contributed by atoms with van der Waals surface area (Å²) in [6.07, 6.45) is 2.08. The summed E-state index contributed by atoms with van der Waals surface area (Å²) >= 11 is 6.10. The van der Waals surface area contributed by atoms with Crippen LogP contribution in [0.1, 0.15) is 42.5 Å². The van der Waals surface area contributed by atoms with E-state index in [1.165, 1.54) is 4.90 Å². The number of carbonyl (C=O) groups is 2. The molecule has 0 aliphatic carbocycles. The third-order valence-corrected chi connectivity index (χ3v) is 8.44. The van der Waals surface area contributed by atoms with E-state index >= 15 is 0 Å². The second-order valence-electron chi connectivity index (χ2n) is 10.2. The summed E-state index contributed by atoms with van der Waals surface area (Å²) in [5.41, 5.74) is 3.76. The van der Waals surface area contributed by atoms with Crippen LogP contribution in [-0.4, -0.2) is 50.0 Å². The van der Waals surface area contributed by atoms with Gasteiger partial charge in [0.25, 0.3) is 0 Å². The molecule has 0 spiro atoms. The molecule has 0 saturated heterocycles. The molecule has 0 bridgehead atoms. The molecule has 214 valence electrons. The van der Waals surface area contributed by atoms with E-state index in [1.807, 2.05) is 64.1 Å². The number of benzene rings is 3. The number of sulfonamides is 1. The first-order valence-electron chi connectivity index (χ1n) is 13.3. The van der Waals surface area contributed by atoms with Crippen LogP contribution in [-0.2, 0) is 32.6 Å². The van der Waals surface area contributed by atoms with Crippen molar-refractivity contribution in [1.29, 1.82) is 0 Å². The van der Waals surface area contributed by atoms with Gasteiger partial charge in [0.05, 0.1) is 11.9 Å². The minimum absolute atomic E-state index is 0.0966. The molecule has 0 fully saturated rings. The molecular weight excluding hydrogens is 546 g/mol. The first-order valence-corrected chi connectivity index (χ1v) is 15.6. The maximum Gasteiger partial charge on any atom is 0.244 e. The molecule has 3 aromatic carbocycles. The lowest BCUT2D eigenvalue weighted by Gasteiger charge is -2.34. The predicted molar refractivity (Wildman–Crippen MR) is 162 cm³/mol. The summed E-state index contributed by atoms with van der Waals surface area (Å²) in [4.78, 5) is 29.3. The summed E-state index contributed by atoms with van der Waals surface area (Å²) < 4.78 is 27.1. The second kappa shape index (κ2) is 13.8. The lowest BCUT2D eigenvalue weighted by atomic mass is 10.0. The van der Waals surface area contributed by atoms with Crippen molar-refractivity contribution in [2.75, 3.05) is 17.1 Å². The van der Waals surface area contributed by atoms with E-state index < -0.39 is 28.5 Å². The first kappa shape index (κ1) is 31.2. The van der Waals surface area contributed by atoms with E-state index in [2.05, 4.69) is 5.32 Å². The molecule has 3 aromatic rings. The lowest BCUT2D eigenvalue weighted by Crippen LogP contribution is -2.54. The Morgan fingerprint density at radius 1 is 0.925 bits per heavy atom. The molecule has 0 heterocycles. The van der Waals surface area contributed by atoms with Crippen LogP contribution in [0.4, 0.5) is 5.69 Å². The molecule has 3 rings (SSSR count). The fraction of sp³-hybridized carbons (Fsp3) is 0.355. The van der Waals surface area contributed by atoms with E-state index in [-0.39, 0.29) is 24.9 Å². The molecule has 40 heavy (non-hydrogen) atoms. The summed E-state index contributed by atoms with van der Waals surface area (Å²) in [5.74, 6) is -0.778. The van der Waals surface area contributed by atoms with Gasteiger partial charge in [-0.05, 0) is 67.6 Å². The average Bonchev–Trinajstić information content (AvgIpc) is 2.91. The van der Waals surface area contributed by atoms with Gasteiger partial charge in [-0.25, -0.2) is 8.42 Å². The van der Waals surface area contributed by atoms with Crippen molar-refractivity contribution in [3.63, 3.8) is 0 Å². The van der Waals surface area contributed by atoms with Gasteiger partial charge in [0, 0.05) is 24.0 Å². The number of halogens is 1. The zero-order chi connectivity index (χ0) is 29.4. The minimum Gasteiger partial charge on any atom is -0.352 e. The molecule has 2 atom stereocenters. The Morgan fingerprint density at radius 3 is 2.17 bits per heavy atom. The zero-order valence-electron chi connectivity index (χ0n) is 23.7. The fourth-order valence-electron chi connectivity index (χ4n) is 4.38. The highest BCUT2D eigenvalue weighted by Gasteiger charge is 2.33. The number of nitrogens with one attached hydrogen (secondary N) is 1. The third-order valence-electron chi connectivity index (χ3n) is 7.06. The Labute approximate surface area is 243 Å². The molecule has 0 aromatic heterocycles. The third kappa shape index (κ3) is 8.32. The highest BCUT2D eigenvalue weighted by molar-refractivity contribution is 7.92. The highest BCUT2D eigenvalue weighted by atomic mass is 35.5. The molecular formula is C31H38ClN3O4S. The van der Waals surface area contributed by atoms with Crippen molar-refractivity contribution in [2.24, 2.45) is 0 Å². The minimum atomic E-state index is -3.82. The molecule has 7 nitrogen and oxygen atoms in total. The van der Waals surface area contributed by atoms with Gasteiger partial charge in [-0.2, -0.15) is 0 Å². The molecule has 0 saturated carbocycles. The van der Waals surface area contributed by atoms with Crippen molar-refractivity contribution in [1.82, 2.24) is 10.2 Å². The van der Waals surface area contributed by atoms with Crippen LogP contribution in [0.5, 0.6) is 0 Å². The van der Waals surface area contributed by atoms with Crippen LogP contribution < -0.4 is 9.62 Å². The van der Waals surface area contributed by atoms with Crippen LogP contribution in [0.25, 0.3) is 0 Å². The highest BCUT2D eigenvalue weighted by Crippen LogP contribution is 2.26. The van der Waals surface area contributed by atoms with Crippen molar-refractivity contribution in [2.45, 2.75) is 59.2 Å². The van der Waals surface area contributed by atoms with Crippen molar-refractivity contribution < 1.29 is 18.0 Å². The van der Waals surface area contributed by atoms with Crippen molar-refractivity contribution >= 4 is 39.1 Å². The maximum atomic E-state index is 14.1. The largest absolute Gasteiger partial charge is 0.352 e. The normalized spacial score (nSPS) is 12.8. The molecule has 0 unspecified atom stereocenters. The van der Waals surface area contributed by atoms with Gasteiger partial charge >= 0.3 is 0 Å². The Bertz CT molecular complexity index is 1410. The van der Waals surface area contributed by atoms with E-state index in [1.54, 1.807) is 36.4 Å². The number of hydrogen-bond acceptors (Lipinski definition) is 4. The van der Waals surface area contributed by atoms with E-state index in [0.717, 1.165) is 39.2 Å². The Kier molecular flexibility index (Phi) is 10.8. The van der Waals surface area contributed by atoms with Gasteiger partial charge in [-0.1, -0.05) is 73.1 Å². The Morgan fingerprint density at radius 2 is 1.57 bits per heavy atom. The van der Waals surface area contributed by atoms with Gasteiger partial charge < -0.3 is 10.2 Å². The van der Waals surface area contributed by atoms with Gasteiger partial charge in [-0.15, -0.1) is 0 Å². The summed E-state index contributed by atoms with van der Waals surface area (Å²) in [6.45, 7) is 7.26. The second-order valence-corrected chi connectivity index (χ2v) is 12.5. The first-order chi connectivity index (χ1) is 18.9. The smallest absolute Gasteiger partial charge is 0.244 e. The molecule has 0 radical (unpaired) electrons. The van der Waals surface area contributed by atoms with Crippen LogP contribution in [0.15, 0.2) is 72.8 Å². The standard InChI is InChI=1S/C31H38ClN3O4S/c1-6-23(3)33-31(37)29(19-25-12-8-7-9-13-25)34(20-26-15-17-27(32)18-16-26)30(36)21-35(40(5,38)39)28-14-10-11-22(2)24(28)4/h7-18,23,29H,6,19-21H2,1-5H3,(H,33,37)/t23-,29-/m1/s1. The average molecular weight is 584 g/mol. The number of rotatable bonds is 12. The number of amides is 2. The van der Waals surface area contributed by atoms with E-state index in [9.17, 15) is 18.0 Å². The molecule has 0 aliphatic rings. The van der Waals surface area contributed by atoms with E-state index in [0.29, 0.717) is 10.7 Å². The zero-order valence-corrected chi connectivity index (χ0v) is 25.3. The topological polar surface area (TPSA) is 86.8 Å². The van der Waals surface area contributed by atoms with Crippen molar-refractivity contribution in [3.8, 4) is 0 Å². The Hall–Kier alpha value is -3.36. The van der Waals surface area contributed by atoms with E-state index in [4.69, 9.17) is 11.6 Å². The number of anilines is 1. The SMILES string of the molecule is CC[C@@H](C)NC(=O)[C@@H](Cc1ccccc1)N(Cc1ccc(Cl)cc1)C(=O)CN(c1cccc(C)c1C)S(C)(=O)=O. The van der Waals surface area contributed by atoms with Gasteiger partial charge in [0.2, 0.25) is 21.8 Å². The van der Waals surface area contributed by atoms with Crippen LogP contribution >= 0.6 is 11.6 Å². The lowest BCUT2D eigenvalue weighted by molar-refractivity contribution is -0.140. The quantitative estimate of drug-likeness (QED) is 0.314. The molecule has 9 heteroatoms. The molecule has 1 N–H and O–H groups in total. The van der Waals surface area contributed by atoms with Crippen molar-refractivity contribution in [3.05, 3.63) is 100 Å². The number of hydrogen-bond donors (Lipinski definition) is 1. The molecule has 0 aliphatic heterocycles. The summed E-state index contributed by atoms with van der Waals surface area (Å²) in [5, 5.41) is 3.58.